The molecule has 0 radical (unpaired) electrons. The van der Waals surface area contributed by atoms with Crippen molar-refractivity contribution < 1.29 is 9.72 Å². The van der Waals surface area contributed by atoms with E-state index in [1.54, 1.807) is 12.1 Å². The lowest BCUT2D eigenvalue weighted by Gasteiger charge is -2.15. The highest BCUT2D eigenvalue weighted by atomic mass is 79.9. The normalized spacial score (nSPS) is 14.6. The molecule has 0 unspecified atom stereocenters. The molecule has 1 aliphatic rings. The molecule has 6 nitrogen and oxygen atoms in total. The van der Waals surface area contributed by atoms with E-state index >= 15 is 0 Å². The minimum absolute atomic E-state index is 0.0372. The average molecular weight is 342 g/mol. The number of carbonyl (C=O) groups is 1. The molecule has 0 spiro atoms. The Morgan fingerprint density at radius 2 is 2.10 bits per heavy atom. The Morgan fingerprint density at radius 3 is 2.75 bits per heavy atom. The second-order valence-electron chi connectivity index (χ2n) is 4.73. The Bertz CT molecular complexity index is 516. The largest absolute Gasteiger partial charge is 0.342 e. The lowest BCUT2D eigenvalue weighted by atomic mass is 10.2. The fourth-order valence-electron chi connectivity index (χ4n) is 2.20. The molecule has 1 heterocycles. The summed E-state index contributed by atoms with van der Waals surface area (Å²) >= 11 is 3.14. The lowest BCUT2D eigenvalue weighted by molar-refractivity contribution is -0.385. The number of benzene rings is 1. The summed E-state index contributed by atoms with van der Waals surface area (Å²) in [5.41, 5.74) is 0.823. The molecule has 0 aliphatic carbocycles. The van der Waals surface area contributed by atoms with Gasteiger partial charge in [-0.2, -0.15) is 0 Å². The standard InChI is InChI=1S/C13H16BrN3O3/c14-11-4-3-10(7-12(11)17(19)20)8-15-9-13(18)16-5-1-2-6-16/h3-4,7,15H,1-2,5-6,8-9H2. The third kappa shape index (κ3) is 3.77. The van der Waals surface area contributed by atoms with Crippen LogP contribution in [0.2, 0.25) is 0 Å². The molecule has 108 valence electrons. The number of nitro groups is 1. The van der Waals surface area contributed by atoms with Gasteiger partial charge in [-0.15, -0.1) is 0 Å². The van der Waals surface area contributed by atoms with E-state index in [4.69, 9.17) is 0 Å². The van der Waals surface area contributed by atoms with Gasteiger partial charge in [0.25, 0.3) is 5.69 Å². The van der Waals surface area contributed by atoms with Crippen molar-refractivity contribution in [1.29, 1.82) is 0 Å². The summed E-state index contributed by atoms with van der Waals surface area (Å²) in [4.78, 5) is 24.1. The number of carbonyl (C=O) groups excluding carboxylic acids is 1. The van der Waals surface area contributed by atoms with Crippen LogP contribution in [0.5, 0.6) is 0 Å². The molecule has 1 N–H and O–H groups in total. The van der Waals surface area contributed by atoms with Crippen LogP contribution in [0.4, 0.5) is 5.69 Å². The third-order valence-corrected chi connectivity index (χ3v) is 3.94. The number of halogens is 1. The second-order valence-corrected chi connectivity index (χ2v) is 5.59. The highest BCUT2D eigenvalue weighted by Gasteiger charge is 2.17. The SMILES string of the molecule is O=C(CNCc1ccc(Br)c([N+](=O)[O-])c1)N1CCCC1. The quantitative estimate of drug-likeness (QED) is 0.657. The van der Waals surface area contributed by atoms with E-state index in [2.05, 4.69) is 21.2 Å². The molecule has 0 aromatic heterocycles. The van der Waals surface area contributed by atoms with Crippen molar-refractivity contribution in [2.24, 2.45) is 0 Å². The molecule has 0 bridgehead atoms. The topological polar surface area (TPSA) is 75.5 Å². The van der Waals surface area contributed by atoms with Gasteiger partial charge < -0.3 is 10.2 Å². The summed E-state index contributed by atoms with van der Waals surface area (Å²) in [5, 5.41) is 13.9. The average Bonchev–Trinajstić information content (AvgIpc) is 2.94. The molecule has 1 fully saturated rings. The fraction of sp³-hybridized carbons (Fsp3) is 0.462. The van der Waals surface area contributed by atoms with Gasteiger partial charge in [-0.05, 0) is 40.4 Å². The Kier molecular flexibility index (Phi) is 5.08. The summed E-state index contributed by atoms with van der Waals surface area (Å²) in [5.74, 6) is 0.0918. The maximum absolute atomic E-state index is 11.8. The Morgan fingerprint density at radius 1 is 1.40 bits per heavy atom. The number of nitrogens with one attached hydrogen (secondary N) is 1. The van der Waals surface area contributed by atoms with Crippen LogP contribution in [0.25, 0.3) is 0 Å². The number of hydrogen-bond donors (Lipinski definition) is 1. The first-order valence-electron chi connectivity index (χ1n) is 6.49. The van der Waals surface area contributed by atoms with Crippen molar-refractivity contribution in [3.63, 3.8) is 0 Å². The molecule has 1 amide bonds. The van der Waals surface area contributed by atoms with Crippen LogP contribution in [0.1, 0.15) is 18.4 Å². The number of nitro benzene ring substituents is 1. The van der Waals surface area contributed by atoms with E-state index in [0.717, 1.165) is 31.5 Å². The second kappa shape index (κ2) is 6.81. The van der Waals surface area contributed by atoms with Crippen molar-refractivity contribution >= 4 is 27.5 Å². The van der Waals surface area contributed by atoms with Gasteiger partial charge >= 0.3 is 0 Å². The molecule has 1 saturated heterocycles. The maximum atomic E-state index is 11.8. The fourth-order valence-corrected chi connectivity index (χ4v) is 2.59. The molecule has 7 heteroatoms. The van der Waals surface area contributed by atoms with Crippen molar-refractivity contribution in [1.82, 2.24) is 10.2 Å². The molecule has 1 aromatic rings. The molecule has 1 aliphatic heterocycles. The highest BCUT2D eigenvalue weighted by molar-refractivity contribution is 9.10. The van der Waals surface area contributed by atoms with E-state index in [0.29, 0.717) is 11.0 Å². The van der Waals surface area contributed by atoms with E-state index in [1.165, 1.54) is 6.07 Å². The van der Waals surface area contributed by atoms with Crippen molar-refractivity contribution in [2.75, 3.05) is 19.6 Å². The number of nitrogens with zero attached hydrogens (tertiary/aromatic N) is 2. The van der Waals surface area contributed by atoms with Crippen molar-refractivity contribution in [3.8, 4) is 0 Å². The summed E-state index contributed by atoms with van der Waals surface area (Å²) in [6.07, 6.45) is 2.15. The van der Waals surface area contributed by atoms with Crippen LogP contribution in [0.15, 0.2) is 22.7 Å². The summed E-state index contributed by atoms with van der Waals surface area (Å²) in [6.45, 7) is 2.38. The van der Waals surface area contributed by atoms with Crippen LogP contribution < -0.4 is 5.32 Å². The first kappa shape index (κ1) is 14.9. The van der Waals surface area contributed by atoms with Crippen molar-refractivity contribution in [2.45, 2.75) is 19.4 Å². The van der Waals surface area contributed by atoms with E-state index in [1.807, 2.05) is 4.90 Å². The lowest BCUT2D eigenvalue weighted by Crippen LogP contribution is -2.35. The summed E-state index contributed by atoms with van der Waals surface area (Å²) in [7, 11) is 0. The zero-order valence-corrected chi connectivity index (χ0v) is 12.6. The predicted octanol–water partition coefficient (Wildman–Crippen LogP) is 2.07. The molecular weight excluding hydrogens is 326 g/mol. The van der Waals surface area contributed by atoms with Crippen molar-refractivity contribution in [3.05, 3.63) is 38.3 Å². The molecule has 0 atom stereocenters. The van der Waals surface area contributed by atoms with Crippen LogP contribution in [0, 0.1) is 10.1 Å². The number of rotatable bonds is 5. The Balaban J connectivity index is 1.86. The van der Waals surface area contributed by atoms with E-state index in [9.17, 15) is 14.9 Å². The van der Waals surface area contributed by atoms with Crippen LogP contribution in [-0.4, -0.2) is 35.4 Å². The van der Waals surface area contributed by atoms with Gasteiger partial charge in [0.2, 0.25) is 5.91 Å². The van der Waals surface area contributed by atoms with Crippen LogP contribution in [0.3, 0.4) is 0 Å². The molecular formula is C13H16BrN3O3. The minimum atomic E-state index is -0.428. The van der Waals surface area contributed by atoms with Gasteiger partial charge in [0.15, 0.2) is 0 Å². The smallest absolute Gasteiger partial charge is 0.283 e. The van der Waals surface area contributed by atoms with Crippen LogP contribution >= 0.6 is 15.9 Å². The van der Waals surface area contributed by atoms with Gasteiger partial charge in [-0.25, -0.2) is 0 Å². The monoisotopic (exact) mass is 341 g/mol. The maximum Gasteiger partial charge on any atom is 0.283 e. The number of likely N-dealkylation sites (tertiary alicyclic amines) is 1. The first-order valence-corrected chi connectivity index (χ1v) is 7.28. The van der Waals surface area contributed by atoms with Gasteiger partial charge in [0.1, 0.15) is 0 Å². The predicted molar refractivity (Wildman–Crippen MR) is 78.3 cm³/mol. The molecule has 2 rings (SSSR count). The minimum Gasteiger partial charge on any atom is -0.342 e. The van der Waals surface area contributed by atoms with Gasteiger partial charge in [-0.1, -0.05) is 6.07 Å². The summed E-state index contributed by atoms with van der Waals surface area (Å²) < 4.78 is 0.458. The number of amides is 1. The number of hydrogen-bond acceptors (Lipinski definition) is 4. The van der Waals surface area contributed by atoms with Crippen LogP contribution in [-0.2, 0) is 11.3 Å². The molecule has 1 aromatic carbocycles. The zero-order chi connectivity index (χ0) is 14.5. The zero-order valence-electron chi connectivity index (χ0n) is 11.0. The Labute approximate surface area is 125 Å². The van der Waals surface area contributed by atoms with Gasteiger partial charge in [0, 0.05) is 25.7 Å². The van der Waals surface area contributed by atoms with Gasteiger partial charge in [0.05, 0.1) is 15.9 Å². The van der Waals surface area contributed by atoms with E-state index in [-0.39, 0.29) is 18.1 Å². The molecule has 20 heavy (non-hydrogen) atoms. The Hall–Kier alpha value is -1.47. The van der Waals surface area contributed by atoms with Gasteiger partial charge in [-0.3, -0.25) is 14.9 Å². The first-order chi connectivity index (χ1) is 9.58. The highest BCUT2D eigenvalue weighted by Crippen LogP contribution is 2.25. The van der Waals surface area contributed by atoms with E-state index < -0.39 is 4.92 Å². The third-order valence-electron chi connectivity index (χ3n) is 3.27. The summed E-state index contributed by atoms with van der Waals surface area (Å²) in [6, 6.07) is 4.96. The molecule has 0 saturated carbocycles.